The first kappa shape index (κ1) is 16.7. The molecule has 21 heavy (non-hydrogen) atoms. The van der Waals surface area contributed by atoms with Crippen LogP contribution in [0.5, 0.6) is 0 Å². The van der Waals surface area contributed by atoms with E-state index in [0.29, 0.717) is 0 Å². The smallest absolute Gasteiger partial charge is 0.0590 e. The van der Waals surface area contributed by atoms with Crippen LogP contribution in [0.3, 0.4) is 0 Å². The fourth-order valence-electron chi connectivity index (χ4n) is 2.62. The molecule has 0 aromatic heterocycles. The lowest BCUT2D eigenvalue weighted by molar-refractivity contribution is 0.625. The zero-order chi connectivity index (χ0) is 15.6. The van der Waals surface area contributed by atoms with Crippen LogP contribution in [0.1, 0.15) is 40.8 Å². The highest BCUT2D eigenvalue weighted by molar-refractivity contribution is 9.11. The number of nitrogens with one attached hydrogen (secondary N) is 1. The van der Waals surface area contributed by atoms with E-state index in [9.17, 15) is 0 Å². The minimum Gasteiger partial charge on any atom is -0.306 e. The van der Waals surface area contributed by atoms with Crippen molar-refractivity contribution in [2.75, 3.05) is 6.54 Å². The van der Waals surface area contributed by atoms with E-state index in [0.717, 1.165) is 15.5 Å². The molecule has 1 unspecified atom stereocenters. The van der Waals surface area contributed by atoms with Gasteiger partial charge >= 0.3 is 0 Å². The largest absolute Gasteiger partial charge is 0.306 e. The molecule has 0 bridgehead atoms. The number of aryl methyl sites for hydroxylation is 3. The van der Waals surface area contributed by atoms with Crippen LogP contribution in [0.2, 0.25) is 0 Å². The van der Waals surface area contributed by atoms with Gasteiger partial charge in [0.25, 0.3) is 0 Å². The van der Waals surface area contributed by atoms with Gasteiger partial charge in [0, 0.05) is 8.95 Å². The first-order valence-electron chi connectivity index (χ1n) is 7.20. The Morgan fingerprint density at radius 3 is 2.24 bits per heavy atom. The van der Waals surface area contributed by atoms with E-state index in [1.54, 1.807) is 0 Å². The molecule has 2 aromatic rings. The van der Waals surface area contributed by atoms with E-state index in [-0.39, 0.29) is 6.04 Å². The van der Waals surface area contributed by atoms with Gasteiger partial charge in [-0.1, -0.05) is 50.9 Å². The first-order valence-corrected chi connectivity index (χ1v) is 8.78. The maximum Gasteiger partial charge on any atom is 0.0590 e. The maximum absolute atomic E-state index is 3.70. The summed E-state index contributed by atoms with van der Waals surface area (Å²) >= 11 is 7.28. The molecule has 0 aliphatic rings. The van der Waals surface area contributed by atoms with Gasteiger partial charge in [0.2, 0.25) is 0 Å². The van der Waals surface area contributed by atoms with Gasteiger partial charge in [-0.15, -0.1) is 0 Å². The summed E-state index contributed by atoms with van der Waals surface area (Å²) in [6.45, 7) is 9.61. The number of hydrogen-bond acceptors (Lipinski definition) is 1. The van der Waals surface area contributed by atoms with Crippen molar-refractivity contribution in [2.45, 2.75) is 33.7 Å². The van der Waals surface area contributed by atoms with Crippen LogP contribution >= 0.6 is 31.9 Å². The average Bonchev–Trinajstić information content (AvgIpc) is 2.43. The van der Waals surface area contributed by atoms with E-state index >= 15 is 0 Å². The Labute approximate surface area is 144 Å². The summed E-state index contributed by atoms with van der Waals surface area (Å²) in [6, 6.07) is 11.1. The van der Waals surface area contributed by atoms with E-state index < -0.39 is 0 Å². The molecule has 0 saturated carbocycles. The summed E-state index contributed by atoms with van der Waals surface area (Å²) in [7, 11) is 0. The van der Waals surface area contributed by atoms with Crippen LogP contribution in [-0.2, 0) is 0 Å². The summed E-state index contributed by atoms with van der Waals surface area (Å²) < 4.78 is 2.24. The van der Waals surface area contributed by atoms with Gasteiger partial charge < -0.3 is 5.32 Å². The highest BCUT2D eigenvalue weighted by Gasteiger charge is 2.18. The number of benzene rings is 2. The van der Waals surface area contributed by atoms with Gasteiger partial charge in [-0.05, 0) is 73.3 Å². The Hall–Kier alpha value is -0.640. The lowest BCUT2D eigenvalue weighted by Crippen LogP contribution is -2.23. The van der Waals surface area contributed by atoms with Crippen molar-refractivity contribution < 1.29 is 0 Å². The molecule has 1 atom stereocenters. The quantitative estimate of drug-likeness (QED) is 0.667. The monoisotopic (exact) mass is 409 g/mol. The predicted octanol–water partition coefficient (Wildman–Crippen LogP) is 5.84. The molecular weight excluding hydrogens is 390 g/mol. The Kier molecular flexibility index (Phi) is 5.64. The molecular formula is C18H21Br2N. The van der Waals surface area contributed by atoms with Crippen molar-refractivity contribution in [3.63, 3.8) is 0 Å². The van der Waals surface area contributed by atoms with E-state index in [4.69, 9.17) is 0 Å². The summed E-state index contributed by atoms with van der Waals surface area (Å²) in [5.41, 5.74) is 6.62. The van der Waals surface area contributed by atoms with E-state index in [1.807, 2.05) is 0 Å². The van der Waals surface area contributed by atoms with Gasteiger partial charge in [-0.2, -0.15) is 0 Å². The number of rotatable bonds is 4. The molecule has 2 aromatic carbocycles. The molecule has 0 aliphatic carbocycles. The fraction of sp³-hybridized carbons (Fsp3) is 0.333. The summed E-state index contributed by atoms with van der Waals surface area (Å²) in [6.07, 6.45) is 0. The zero-order valence-corrected chi connectivity index (χ0v) is 16.1. The van der Waals surface area contributed by atoms with Crippen LogP contribution in [-0.4, -0.2) is 6.54 Å². The Bertz CT molecular complexity index is 650. The minimum absolute atomic E-state index is 0.196. The topological polar surface area (TPSA) is 12.0 Å². The van der Waals surface area contributed by atoms with Crippen LogP contribution in [0.15, 0.2) is 39.3 Å². The standard InChI is InChI=1S/C18H21Br2N/c1-5-21-18(16-10-14(19)6-7-17(16)20)15-9-12(3)11(2)8-13(15)4/h6-10,18,21H,5H2,1-4H3. The van der Waals surface area contributed by atoms with Crippen LogP contribution < -0.4 is 5.32 Å². The van der Waals surface area contributed by atoms with Gasteiger partial charge in [0.05, 0.1) is 6.04 Å². The second-order valence-electron chi connectivity index (χ2n) is 5.45. The molecule has 3 heteroatoms. The van der Waals surface area contributed by atoms with E-state index in [1.165, 1.54) is 27.8 Å². The third-order valence-electron chi connectivity index (χ3n) is 3.87. The van der Waals surface area contributed by atoms with Crippen molar-refractivity contribution in [3.8, 4) is 0 Å². The van der Waals surface area contributed by atoms with Crippen molar-refractivity contribution >= 4 is 31.9 Å². The van der Waals surface area contributed by atoms with Crippen molar-refractivity contribution in [3.05, 3.63) is 67.1 Å². The van der Waals surface area contributed by atoms with Crippen LogP contribution in [0.25, 0.3) is 0 Å². The van der Waals surface area contributed by atoms with Crippen molar-refractivity contribution in [1.29, 1.82) is 0 Å². The summed E-state index contributed by atoms with van der Waals surface area (Å²) in [5, 5.41) is 3.62. The Balaban J connectivity index is 2.58. The summed E-state index contributed by atoms with van der Waals surface area (Å²) in [4.78, 5) is 0. The lowest BCUT2D eigenvalue weighted by atomic mass is 9.91. The summed E-state index contributed by atoms with van der Waals surface area (Å²) in [5.74, 6) is 0. The molecule has 1 nitrogen and oxygen atoms in total. The maximum atomic E-state index is 3.70. The minimum atomic E-state index is 0.196. The molecule has 0 spiro atoms. The third-order valence-corrected chi connectivity index (χ3v) is 5.09. The van der Waals surface area contributed by atoms with Crippen molar-refractivity contribution in [2.24, 2.45) is 0 Å². The fourth-order valence-corrected chi connectivity index (χ4v) is 3.48. The molecule has 2 rings (SSSR count). The molecule has 1 N–H and O–H groups in total. The average molecular weight is 411 g/mol. The third kappa shape index (κ3) is 3.77. The van der Waals surface area contributed by atoms with Crippen LogP contribution in [0, 0.1) is 20.8 Å². The lowest BCUT2D eigenvalue weighted by Gasteiger charge is -2.23. The first-order chi connectivity index (χ1) is 9.93. The molecule has 0 heterocycles. The molecule has 0 radical (unpaired) electrons. The second-order valence-corrected chi connectivity index (χ2v) is 7.22. The molecule has 112 valence electrons. The normalized spacial score (nSPS) is 12.5. The predicted molar refractivity (Wildman–Crippen MR) is 98.0 cm³/mol. The Morgan fingerprint density at radius 2 is 1.57 bits per heavy atom. The SMILES string of the molecule is CCNC(c1cc(C)c(C)cc1C)c1cc(Br)ccc1Br. The molecule has 0 fully saturated rings. The van der Waals surface area contributed by atoms with Gasteiger partial charge in [-0.25, -0.2) is 0 Å². The van der Waals surface area contributed by atoms with Gasteiger partial charge in [0.1, 0.15) is 0 Å². The van der Waals surface area contributed by atoms with Crippen molar-refractivity contribution in [1.82, 2.24) is 5.32 Å². The van der Waals surface area contributed by atoms with Gasteiger partial charge in [-0.3, -0.25) is 0 Å². The molecule has 0 amide bonds. The molecule has 0 aliphatic heterocycles. The Morgan fingerprint density at radius 1 is 0.905 bits per heavy atom. The van der Waals surface area contributed by atoms with Crippen LogP contribution in [0.4, 0.5) is 0 Å². The second kappa shape index (κ2) is 7.08. The number of halogens is 2. The number of hydrogen-bond donors (Lipinski definition) is 1. The highest BCUT2D eigenvalue weighted by atomic mass is 79.9. The highest BCUT2D eigenvalue weighted by Crippen LogP contribution is 2.33. The van der Waals surface area contributed by atoms with E-state index in [2.05, 4.69) is 95.2 Å². The zero-order valence-electron chi connectivity index (χ0n) is 12.9. The molecule has 0 saturated heterocycles. The van der Waals surface area contributed by atoms with Gasteiger partial charge in [0.15, 0.2) is 0 Å².